The van der Waals surface area contributed by atoms with Crippen LogP contribution in [0.4, 0.5) is 0 Å². The summed E-state index contributed by atoms with van der Waals surface area (Å²) in [6, 6.07) is 43.0. The second kappa shape index (κ2) is 13.8. The van der Waals surface area contributed by atoms with Gasteiger partial charge < -0.3 is 10.2 Å². The molecule has 4 nitrogen and oxygen atoms in total. The van der Waals surface area contributed by atoms with Gasteiger partial charge in [0.15, 0.2) is 5.75 Å². The summed E-state index contributed by atoms with van der Waals surface area (Å²) in [5, 5.41) is 26.7. The maximum atomic E-state index is 11.3. The topological polar surface area (TPSA) is 58.3 Å². The van der Waals surface area contributed by atoms with Crippen LogP contribution >= 0.6 is 0 Å². The minimum atomic E-state index is -0.0663. The smallest absolute Gasteiger partial charge is 0.150 e. The van der Waals surface area contributed by atoms with Crippen molar-refractivity contribution in [2.24, 2.45) is 0 Å². The Balaban J connectivity index is 1.32. The van der Waals surface area contributed by atoms with E-state index in [0.717, 1.165) is 77.4 Å². The molecule has 0 aliphatic rings. The molecular weight excluding hydrogens is 687 g/mol. The molecule has 0 unspecified atom stereocenters. The fourth-order valence-corrected chi connectivity index (χ4v) is 9.14. The summed E-state index contributed by atoms with van der Waals surface area (Å²) in [5.41, 5.74) is 19.7. The predicted molar refractivity (Wildman–Crippen MR) is 267 cm³/mol. The van der Waals surface area contributed by atoms with E-state index in [1.54, 1.807) is 0 Å². The quantitative estimate of drug-likeness (QED) is 0.117. The van der Waals surface area contributed by atoms with E-state index in [1.807, 2.05) is 35.7 Å². The number of aromatic hydroxyl groups is 2. The number of imidazole rings is 1. The minimum Gasteiger partial charge on any atom is -0.505 e. The zero-order valence-corrected chi connectivity index (χ0v) is 33.8. The average Bonchev–Trinajstić information content (AvgIpc) is 3.64. The molecule has 0 aliphatic heterocycles. The summed E-state index contributed by atoms with van der Waals surface area (Å²) in [4.78, 5) is 5.11. The molecule has 9 aromatic rings. The van der Waals surface area contributed by atoms with Gasteiger partial charge in [-0.25, -0.2) is 4.98 Å². The van der Waals surface area contributed by atoms with Crippen LogP contribution in [-0.2, 0) is 0 Å². The molecule has 57 heavy (non-hydrogen) atoms. The Kier molecular flexibility index (Phi) is 8.84. The lowest BCUT2D eigenvalue weighted by molar-refractivity contribution is 0.410. The first-order valence-corrected chi connectivity index (χ1v) is 19.7. The van der Waals surface area contributed by atoms with Gasteiger partial charge in [-0.15, -0.1) is 16.4 Å². The van der Waals surface area contributed by atoms with Crippen molar-refractivity contribution in [1.29, 1.82) is 0 Å². The monoisotopic (exact) mass is 726 g/mol. The molecule has 12 heteroatoms. The van der Waals surface area contributed by atoms with Crippen molar-refractivity contribution in [3.63, 3.8) is 0 Å². The zero-order chi connectivity index (χ0) is 39.9. The molecular formula is C45H38B8N2O2. The van der Waals surface area contributed by atoms with E-state index in [0.29, 0.717) is 10.9 Å². The number of benzene rings is 8. The summed E-state index contributed by atoms with van der Waals surface area (Å²) in [5.74, 6) is 0.782. The summed E-state index contributed by atoms with van der Waals surface area (Å²) in [6.07, 6.45) is 0. The van der Waals surface area contributed by atoms with Gasteiger partial charge in [0.25, 0.3) is 0 Å². The van der Waals surface area contributed by atoms with Crippen molar-refractivity contribution < 1.29 is 10.2 Å². The third-order valence-electron chi connectivity index (χ3n) is 12.8. The Morgan fingerprint density at radius 2 is 0.860 bits per heavy atom. The lowest BCUT2D eigenvalue weighted by Crippen LogP contribution is -2.55. The molecule has 2 N–H and O–H groups in total. The molecule has 0 aliphatic carbocycles. The first-order chi connectivity index (χ1) is 27.5. The van der Waals surface area contributed by atoms with E-state index in [1.165, 1.54) is 38.4 Å². The van der Waals surface area contributed by atoms with Gasteiger partial charge in [-0.05, 0) is 96.2 Å². The van der Waals surface area contributed by atoms with Crippen LogP contribution in [0.5, 0.6) is 11.5 Å². The van der Waals surface area contributed by atoms with Gasteiger partial charge in [0, 0.05) is 11.3 Å². The van der Waals surface area contributed by atoms with Crippen LogP contribution in [0.25, 0.3) is 83.0 Å². The van der Waals surface area contributed by atoms with Crippen molar-refractivity contribution in [2.45, 2.75) is 0 Å². The maximum absolute atomic E-state index is 11.3. The molecule has 264 valence electrons. The molecule has 0 fully saturated rings. The SMILES string of the molecule is Bc1c(B)c(B)c(-c2c3ccccc3c(-c3c(B)c(B)c(O)c(O)c3B)c3ccc(-c4ccc(-c5nc6ccccc6n5-c5ccccc5)cc4)cc23)c(B)c1B. The highest BCUT2D eigenvalue weighted by molar-refractivity contribution is 6.69. The number of aromatic nitrogens is 2. The van der Waals surface area contributed by atoms with E-state index in [2.05, 4.69) is 153 Å². The Morgan fingerprint density at radius 1 is 0.386 bits per heavy atom. The molecule has 0 saturated heterocycles. The number of phenols is 2. The van der Waals surface area contributed by atoms with Gasteiger partial charge in [-0.3, -0.25) is 4.57 Å². The molecule has 0 bridgehead atoms. The highest BCUT2D eigenvalue weighted by Gasteiger charge is 2.25. The van der Waals surface area contributed by atoms with Gasteiger partial charge in [0.05, 0.1) is 11.0 Å². The fraction of sp³-hybridized carbons (Fsp3) is 0. The fourth-order valence-electron chi connectivity index (χ4n) is 9.14. The van der Waals surface area contributed by atoms with Gasteiger partial charge >= 0.3 is 0 Å². The van der Waals surface area contributed by atoms with Gasteiger partial charge in [0.1, 0.15) is 74.3 Å². The largest absolute Gasteiger partial charge is 0.505 e. The Labute approximate surface area is 340 Å². The number of fused-ring (bicyclic) bond motifs is 3. The third-order valence-corrected chi connectivity index (χ3v) is 12.8. The van der Waals surface area contributed by atoms with E-state index in [-0.39, 0.29) is 11.5 Å². The van der Waals surface area contributed by atoms with Gasteiger partial charge in [-0.1, -0.05) is 107 Å². The molecule has 8 aromatic carbocycles. The molecule has 1 heterocycles. The van der Waals surface area contributed by atoms with Crippen LogP contribution in [0.1, 0.15) is 0 Å². The standard InChI is InChI=1S/C45H38B8N2O2/c46-35-33(36(47)40(51)41(52)39(35)50)32-26-11-5-4-10-25(26)31(34-37(48)42(53)44(57)43(56)38(34)49)27-19-18-23(20-28(27)32)21-14-16-22(17-15-21)45-54-29-12-6-7-13-30(29)55(45)24-8-2-1-3-9-24/h1-20,56-57H,46-53H2. The number of hydrogen-bond acceptors (Lipinski definition) is 3. The van der Waals surface area contributed by atoms with Crippen molar-refractivity contribution in [2.75, 3.05) is 0 Å². The number of phenolic OH excluding ortho intramolecular Hbond substituents is 2. The summed E-state index contributed by atoms with van der Waals surface area (Å²) >= 11 is 0. The lowest BCUT2D eigenvalue weighted by Gasteiger charge is -2.26. The zero-order valence-electron chi connectivity index (χ0n) is 33.8. The first kappa shape index (κ1) is 36.5. The van der Waals surface area contributed by atoms with Gasteiger partial charge in [0.2, 0.25) is 0 Å². The normalized spacial score (nSPS) is 11.5. The van der Waals surface area contributed by atoms with E-state index in [9.17, 15) is 10.2 Å². The molecule has 0 amide bonds. The van der Waals surface area contributed by atoms with Crippen LogP contribution in [-0.4, -0.2) is 82.5 Å². The molecule has 0 atom stereocenters. The second-order valence-corrected chi connectivity index (χ2v) is 15.7. The van der Waals surface area contributed by atoms with E-state index in [4.69, 9.17) is 4.98 Å². The number of rotatable bonds is 5. The first-order valence-electron chi connectivity index (χ1n) is 19.7. The van der Waals surface area contributed by atoms with Crippen LogP contribution < -0.4 is 43.7 Å². The predicted octanol–water partition coefficient (Wildman–Crippen LogP) is -2.52. The van der Waals surface area contributed by atoms with Crippen LogP contribution in [0.2, 0.25) is 0 Å². The van der Waals surface area contributed by atoms with Crippen LogP contribution in [0.3, 0.4) is 0 Å². The van der Waals surface area contributed by atoms with E-state index >= 15 is 0 Å². The van der Waals surface area contributed by atoms with Crippen molar-refractivity contribution in [1.82, 2.24) is 9.55 Å². The Hall–Kier alpha value is -6.13. The molecule has 0 spiro atoms. The summed E-state index contributed by atoms with van der Waals surface area (Å²) in [7, 11) is 17.1. The van der Waals surface area contributed by atoms with Crippen LogP contribution in [0.15, 0.2) is 121 Å². The van der Waals surface area contributed by atoms with E-state index < -0.39 is 0 Å². The molecule has 0 saturated carbocycles. The minimum absolute atomic E-state index is 0.0547. The maximum Gasteiger partial charge on any atom is 0.150 e. The van der Waals surface area contributed by atoms with Crippen molar-refractivity contribution in [3.8, 4) is 62.0 Å². The highest BCUT2D eigenvalue weighted by atomic mass is 16.3. The molecule has 9 rings (SSSR count). The summed E-state index contributed by atoms with van der Waals surface area (Å²) in [6.45, 7) is 0. The van der Waals surface area contributed by atoms with Crippen molar-refractivity contribution >= 4 is 139 Å². The molecule has 1 aromatic heterocycles. The highest BCUT2D eigenvalue weighted by Crippen LogP contribution is 2.44. The third kappa shape index (κ3) is 5.60. The molecule has 0 radical (unpaired) electrons. The summed E-state index contributed by atoms with van der Waals surface area (Å²) < 4.78 is 2.24. The van der Waals surface area contributed by atoms with Crippen LogP contribution in [0, 0.1) is 0 Å². The number of nitrogens with zero attached hydrogens (tertiary/aromatic N) is 2. The number of para-hydroxylation sites is 3. The average molecular weight is 725 g/mol. The Bertz CT molecular complexity index is 3070. The van der Waals surface area contributed by atoms with Crippen molar-refractivity contribution in [3.05, 3.63) is 121 Å². The second-order valence-electron chi connectivity index (χ2n) is 15.7. The Morgan fingerprint density at radius 3 is 1.53 bits per heavy atom. The lowest BCUT2D eigenvalue weighted by atomic mass is 9.59. The van der Waals surface area contributed by atoms with Gasteiger partial charge in [-0.2, -0.15) is 0 Å². The number of hydrogen-bond donors (Lipinski definition) is 2.